The molecule has 1 amide bonds. The SMILES string of the molecule is O=C(NCC1Cc2ccccc21)c1nc[nH]c1C(=O)O. The number of fused-ring (bicyclic) bond motifs is 1. The number of nitrogens with one attached hydrogen (secondary N) is 2. The van der Waals surface area contributed by atoms with Crippen molar-refractivity contribution < 1.29 is 14.7 Å². The number of hydrogen-bond donors (Lipinski definition) is 3. The van der Waals surface area contributed by atoms with Gasteiger partial charge < -0.3 is 15.4 Å². The van der Waals surface area contributed by atoms with Crippen LogP contribution in [-0.4, -0.2) is 33.5 Å². The molecule has 0 radical (unpaired) electrons. The van der Waals surface area contributed by atoms with Crippen molar-refractivity contribution in [2.24, 2.45) is 0 Å². The van der Waals surface area contributed by atoms with Gasteiger partial charge in [0.05, 0.1) is 6.33 Å². The fraction of sp³-hybridized carbons (Fsp3) is 0.214. The van der Waals surface area contributed by atoms with Crippen molar-refractivity contribution >= 4 is 11.9 Å². The minimum Gasteiger partial charge on any atom is -0.477 e. The van der Waals surface area contributed by atoms with Crippen molar-refractivity contribution in [3.8, 4) is 0 Å². The summed E-state index contributed by atoms with van der Waals surface area (Å²) in [6.45, 7) is 0.488. The van der Waals surface area contributed by atoms with Crippen molar-refractivity contribution in [1.82, 2.24) is 15.3 Å². The van der Waals surface area contributed by atoms with Gasteiger partial charge in [0.15, 0.2) is 11.4 Å². The lowest BCUT2D eigenvalue weighted by Crippen LogP contribution is -2.34. The fourth-order valence-electron chi connectivity index (χ4n) is 2.47. The third-order valence-corrected chi connectivity index (χ3v) is 3.54. The Hall–Kier alpha value is -2.63. The van der Waals surface area contributed by atoms with Crippen molar-refractivity contribution in [3.05, 3.63) is 53.1 Å². The van der Waals surface area contributed by atoms with E-state index in [1.54, 1.807) is 0 Å². The van der Waals surface area contributed by atoms with Crippen LogP contribution >= 0.6 is 0 Å². The summed E-state index contributed by atoms with van der Waals surface area (Å²) in [4.78, 5) is 29.0. The molecule has 0 saturated heterocycles. The minimum absolute atomic E-state index is 0.0786. The van der Waals surface area contributed by atoms with Gasteiger partial charge in [0.25, 0.3) is 5.91 Å². The van der Waals surface area contributed by atoms with Crippen LogP contribution in [0.1, 0.15) is 38.0 Å². The van der Waals surface area contributed by atoms with Gasteiger partial charge in [0.2, 0.25) is 0 Å². The Morgan fingerprint density at radius 2 is 2.20 bits per heavy atom. The average Bonchev–Trinajstić information content (AvgIpc) is 2.89. The summed E-state index contributed by atoms with van der Waals surface area (Å²) in [6, 6.07) is 8.09. The number of aromatic carboxylic acids is 1. The molecule has 1 aromatic heterocycles. The first kappa shape index (κ1) is 12.4. The molecule has 2 aromatic rings. The van der Waals surface area contributed by atoms with Gasteiger partial charge in [-0.25, -0.2) is 9.78 Å². The summed E-state index contributed by atoms with van der Waals surface area (Å²) < 4.78 is 0. The number of carboxylic acids is 1. The molecule has 0 spiro atoms. The normalized spacial score (nSPS) is 16.1. The van der Waals surface area contributed by atoms with E-state index in [9.17, 15) is 9.59 Å². The van der Waals surface area contributed by atoms with Crippen LogP contribution in [0.3, 0.4) is 0 Å². The van der Waals surface area contributed by atoms with Gasteiger partial charge in [-0.1, -0.05) is 24.3 Å². The smallest absolute Gasteiger partial charge is 0.354 e. The number of imidazole rings is 1. The third-order valence-electron chi connectivity index (χ3n) is 3.54. The molecule has 3 N–H and O–H groups in total. The Kier molecular flexibility index (Phi) is 2.98. The number of hydrogen-bond acceptors (Lipinski definition) is 3. The fourth-order valence-corrected chi connectivity index (χ4v) is 2.47. The minimum atomic E-state index is -1.19. The Labute approximate surface area is 114 Å². The predicted molar refractivity (Wildman–Crippen MR) is 70.8 cm³/mol. The van der Waals surface area contributed by atoms with Crippen LogP contribution in [0.25, 0.3) is 0 Å². The monoisotopic (exact) mass is 271 g/mol. The predicted octanol–water partition coefficient (Wildman–Crippen LogP) is 1.18. The molecule has 20 heavy (non-hydrogen) atoms. The Balaban J connectivity index is 1.64. The Bertz CT molecular complexity index is 678. The van der Waals surface area contributed by atoms with Crippen LogP contribution in [0.5, 0.6) is 0 Å². The summed E-state index contributed by atoms with van der Waals surface area (Å²) in [7, 11) is 0. The van der Waals surface area contributed by atoms with E-state index in [0.717, 1.165) is 6.42 Å². The van der Waals surface area contributed by atoms with Gasteiger partial charge in [-0.05, 0) is 17.5 Å². The standard InChI is InChI=1S/C14H13N3O3/c18-13(11-12(14(19)20)17-7-16-11)15-6-9-5-8-3-1-2-4-10(8)9/h1-4,7,9H,5-6H2,(H,15,18)(H,16,17)(H,19,20). The maximum atomic E-state index is 11.9. The number of rotatable bonds is 4. The van der Waals surface area contributed by atoms with E-state index in [1.807, 2.05) is 18.2 Å². The number of aromatic nitrogens is 2. The van der Waals surface area contributed by atoms with Gasteiger partial charge in [-0.3, -0.25) is 4.79 Å². The Morgan fingerprint density at radius 3 is 2.95 bits per heavy atom. The molecule has 1 atom stereocenters. The average molecular weight is 271 g/mol. The third kappa shape index (κ3) is 2.05. The summed E-state index contributed by atoms with van der Waals surface area (Å²) >= 11 is 0. The number of H-pyrrole nitrogens is 1. The molecule has 0 fully saturated rings. The Morgan fingerprint density at radius 1 is 1.40 bits per heavy atom. The maximum Gasteiger partial charge on any atom is 0.354 e. The lowest BCUT2D eigenvalue weighted by atomic mass is 9.77. The number of aromatic amines is 1. The number of nitrogens with zero attached hydrogens (tertiary/aromatic N) is 1. The highest BCUT2D eigenvalue weighted by atomic mass is 16.4. The second-order valence-electron chi connectivity index (χ2n) is 4.74. The molecule has 0 bridgehead atoms. The zero-order valence-corrected chi connectivity index (χ0v) is 10.6. The molecular weight excluding hydrogens is 258 g/mol. The van der Waals surface area contributed by atoms with E-state index in [0.29, 0.717) is 12.5 Å². The molecule has 1 aromatic carbocycles. The molecule has 6 heteroatoms. The topological polar surface area (TPSA) is 95.1 Å². The largest absolute Gasteiger partial charge is 0.477 e. The first-order chi connectivity index (χ1) is 9.66. The van der Waals surface area contributed by atoms with Crippen LogP contribution < -0.4 is 5.32 Å². The van der Waals surface area contributed by atoms with Gasteiger partial charge >= 0.3 is 5.97 Å². The van der Waals surface area contributed by atoms with Crippen LogP contribution in [0.15, 0.2) is 30.6 Å². The zero-order valence-electron chi connectivity index (χ0n) is 10.6. The number of carbonyl (C=O) groups excluding carboxylic acids is 1. The second kappa shape index (κ2) is 4.80. The quantitative estimate of drug-likeness (QED) is 0.778. The van der Waals surface area contributed by atoms with Crippen LogP contribution in [0.4, 0.5) is 0 Å². The van der Waals surface area contributed by atoms with E-state index in [2.05, 4.69) is 21.4 Å². The van der Waals surface area contributed by atoms with E-state index < -0.39 is 11.9 Å². The van der Waals surface area contributed by atoms with Gasteiger partial charge in [0, 0.05) is 12.5 Å². The lowest BCUT2D eigenvalue weighted by molar-refractivity contribution is 0.0685. The molecule has 1 unspecified atom stereocenters. The highest BCUT2D eigenvalue weighted by Gasteiger charge is 2.27. The van der Waals surface area contributed by atoms with Crippen molar-refractivity contribution in [2.75, 3.05) is 6.54 Å². The molecule has 1 heterocycles. The lowest BCUT2D eigenvalue weighted by Gasteiger charge is -2.30. The van der Waals surface area contributed by atoms with Gasteiger partial charge in [-0.2, -0.15) is 0 Å². The van der Waals surface area contributed by atoms with Gasteiger partial charge in [0.1, 0.15) is 0 Å². The number of carboxylic acid groups (broad SMARTS) is 1. The van der Waals surface area contributed by atoms with Crippen LogP contribution in [-0.2, 0) is 6.42 Å². The molecule has 0 saturated carbocycles. The number of benzene rings is 1. The number of amides is 1. The van der Waals surface area contributed by atoms with Crippen LogP contribution in [0, 0.1) is 0 Å². The molecular formula is C14H13N3O3. The number of carbonyl (C=O) groups is 2. The summed E-state index contributed by atoms with van der Waals surface area (Å²) in [6.07, 6.45) is 2.14. The van der Waals surface area contributed by atoms with Crippen molar-refractivity contribution in [1.29, 1.82) is 0 Å². The van der Waals surface area contributed by atoms with E-state index in [-0.39, 0.29) is 11.4 Å². The molecule has 0 aliphatic heterocycles. The second-order valence-corrected chi connectivity index (χ2v) is 4.74. The first-order valence-corrected chi connectivity index (χ1v) is 6.29. The van der Waals surface area contributed by atoms with E-state index >= 15 is 0 Å². The summed E-state index contributed by atoms with van der Waals surface area (Å²) in [5, 5.41) is 11.7. The molecule has 6 nitrogen and oxygen atoms in total. The molecule has 1 aliphatic carbocycles. The molecule has 3 rings (SSSR count). The highest BCUT2D eigenvalue weighted by molar-refractivity contribution is 6.02. The maximum absolute atomic E-state index is 11.9. The van der Waals surface area contributed by atoms with E-state index in [1.165, 1.54) is 17.5 Å². The van der Waals surface area contributed by atoms with Crippen molar-refractivity contribution in [2.45, 2.75) is 12.3 Å². The van der Waals surface area contributed by atoms with Crippen molar-refractivity contribution in [3.63, 3.8) is 0 Å². The first-order valence-electron chi connectivity index (χ1n) is 6.29. The highest BCUT2D eigenvalue weighted by Crippen LogP contribution is 2.33. The zero-order chi connectivity index (χ0) is 14.1. The summed E-state index contributed by atoms with van der Waals surface area (Å²) in [5.41, 5.74) is 2.28. The summed E-state index contributed by atoms with van der Waals surface area (Å²) in [5.74, 6) is -1.36. The van der Waals surface area contributed by atoms with Gasteiger partial charge in [-0.15, -0.1) is 0 Å². The molecule has 102 valence electrons. The van der Waals surface area contributed by atoms with E-state index in [4.69, 9.17) is 5.11 Å². The van der Waals surface area contributed by atoms with Crippen LogP contribution in [0.2, 0.25) is 0 Å². The molecule has 1 aliphatic rings.